The van der Waals surface area contributed by atoms with E-state index in [0.29, 0.717) is 42.8 Å². The molecule has 1 saturated heterocycles. The van der Waals surface area contributed by atoms with Gasteiger partial charge < -0.3 is 9.84 Å². The Balaban J connectivity index is 1.38. The van der Waals surface area contributed by atoms with Crippen LogP contribution in [0.5, 0.6) is 5.75 Å². The highest BCUT2D eigenvalue weighted by molar-refractivity contribution is 5.83. The summed E-state index contributed by atoms with van der Waals surface area (Å²) in [6.45, 7) is 1.68. The first-order chi connectivity index (χ1) is 16.5. The number of likely N-dealkylation sites (tertiary alicyclic amines) is 1. The summed E-state index contributed by atoms with van der Waals surface area (Å²) in [6.07, 6.45) is 5.31. The van der Waals surface area contributed by atoms with Gasteiger partial charge >= 0.3 is 5.97 Å². The zero-order valence-corrected chi connectivity index (χ0v) is 19.2. The lowest BCUT2D eigenvalue weighted by molar-refractivity contribution is -0.146. The maximum atomic E-state index is 15.3. The van der Waals surface area contributed by atoms with Crippen LogP contribution in [0.15, 0.2) is 55.0 Å². The topological polar surface area (TPSA) is 75.5 Å². The third-order valence-electron chi connectivity index (χ3n) is 6.46. The molecule has 0 radical (unpaired) electrons. The fourth-order valence-corrected chi connectivity index (χ4v) is 4.59. The maximum Gasteiger partial charge on any atom is 0.308 e. The summed E-state index contributed by atoms with van der Waals surface area (Å²) in [6, 6.07) is 10.8. The van der Waals surface area contributed by atoms with Gasteiger partial charge in [-0.25, -0.2) is 4.39 Å². The van der Waals surface area contributed by atoms with Gasteiger partial charge in [0.05, 0.1) is 25.1 Å². The number of halogens is 1. The average molecular weight is 462 g/mol. The van der Waals surface area contributed by atoms with Crippen molar-refractivity contribution in [3.05, 3.63) is 66.1 Å². The molecule has 0 saturated carbocycles. The van der Waals surface area contributed by atoms with Crippen LogP contribution in [0.25, 0.3) is 10.9 Å². The van der Waals surface area contributed by atoms with Gasteiger partial charge in [0.1, 0.15) is 11.9 Å². The molecule has 0 bridgehead atoms. The minimum Gasteiger partial charge on any atom is -0.497 e. The number of fused-ring (bicyclic) bond motifs is 1. The number of carboxylic acids is 1. The first-order valence-corrected chi connectivity index (χ1v) is 11.5. The molecule has 1 fully saturated rings. The molecule has 2 aromatic heterocycles. The van der Waals surface area contributed by atoms with Crippen molar-refractivity contribution in [2.75, 3.05) is 26.7 Å². The second-order valence-corrected chi connectivity index (χ2v) is 8.60. The Labute approximate surface area is 198 Å². The lowest BCUT2D eigenvalue weighted by Gasteiger charge is -2.35. The minimum absolute atomic E-state index is 0.0686. The van der Waals surface area contributed by atoms with Crippen molar-refractivity contribution >= 4 is 16.9 Å². The number of carbonyl (C=O) groups is 1. The normalized spacial score (nSPS) is 19.2. The molecule has 6 nitrogen and oxygen atoms in total. The van der Waals surface area contributed by atoms with E-state index >= 15 is 4.39 Å². The van der Waals surface area contributed by atoms with Gasteiger partial charge in [-0.1, -0.05) is 11.8 Å². The lowest BCUT2D eigenvalue weighted by Crippen LogP contribution is -2.44. The molecule has 176 valence electrons. The molecule has 1 N–H and O–H groups in total. The SMILES string of the molecule is COc1ccc2nccc([C@H](F)CC[C@@H]3CCN(CC#Cc4cccnc4)C[C@@H]3C(=O)O)c2c1. The molecule has 1 aliphatic heterocycles. The monoisotopic (exact) mass is 461 g/mol. The number of pyridine rings is 2. The standard InChI is InChI=1S/C27H28FN3O3/c1-34-21-7-9-26-23(16-21)22(10-13-30-26)25(28)8-6-20-11-15-31(18-24(20)27(32)33)14-3-5-19-4-2-12-29-17-19/h2,4,7,9-10,12-13,16-17,20,24-25H,6,8,11,14-15,18H2,1H3,(H,32,33)/t20-,24+,25-/m1/s1. The molecule has 0 spiro atoms. The Bertz CT molecular complexity index is 1190. The Morgan fingerprint density at radius 3 is 2.97 bits per heavy atom. The van der Waals surface area contributed by atoms with Crippen LogP contribution in [0, 0.1) is 23.7 Å². The Morgan fingerprint density at radius 1 is 1.32 bits per heavy atom. The van der Waals surface area contributed by atoms with E-state index in [9.17, 15) is 9.90 Å². The molecule has 3 heterocycles. The molecule has 3 atom stereocenters. The van der Waals surface area contributed by atoms with Crippen LogP contribution in [0.3, 0.4) is 0 Å². The molecular formula is C27H28FN3O3. The second kappa shape index (κ2) is 11.1. The Hall–Kier alpha value is -3.50. The van der Waals surface area contributed by atoms with E-state index in [4.69, 9.17) is 4.74 Å². The number of aromatic nitrogens is 2. The van der Waals surface area contributed by atoms with Gasteiger partial charge in [0.25, 0.3) is 0 Å². The van der Waals surface area contributed by atoms with E-state index < -0.39 is 18.1 Å². The largest absolute Gasteiger partial charge is 0.497 e. The first-order valence-electron chi connectivity index (χ1n) is 11.5. The number of hydrogen-bond acceptors (Lipinski definition) is 5. The van der Waals surface area contributed by atoms with Gasteiger partial charge in [0, 0.05) is 36.1 Å². The van der Waals surface area contributed by atoms with Crippen LogP contribution < -0.4 is 4.74 Å². The van der Waals surface area contributed by atoms with Crippen LogP contribution in [0.4, 0.5) is 4.39 Å². The number of carboxylic acid groups (broad SMARTS) is 1. The van der Waals surface area contributed by atoms with Gasteiger partial charge in [0.15, 0.2) is 0 Å². The number of ether oxygens (including phenoxy) is 1. The second-order valence-electron chi connectivity index (χ2n) is 8.60. The van der Waals surface area contributed by atoms with Gasteiger partial charge in [-0.3, -0.25) is 19.7 Å². The van der Waals surface area contributed by atoms with Crippen molar-refractivity contribution in [3.63, 3.8) is 0 Å². The maximum absolute atomic E-state index is 15.3. The zero-order valence-electron chi connectivity index (χ0n) is 19.2. The van der Waals surface area contributed by atoms with Crippen molar-refractivity contribution in [1.29, 1.82) is 0 Å². The quantitative estimate of drug-likeness (QED) is 0.522. The Morgan fingerprint density at radius 2 is 2.21 bits per heavy atom. The van der Waals surface area contributed by atoms with Gasteiger partial charge in [0.2, 0.25) is 0 Å². The van der Waals surface area contributed by atoms with E-state index in [1.54, 1.807) is 43.9 Å². The van der Waals surface area contributed by atoms with Crippen LogP contribution in [0.2, 0.25) is 0 Å². The summed E-state index contributed by atoms with van der Waals surface area (Å²) < 4.78 is 20.6. The Kier molecular flexibility index (Phi) is 7.71. The number of alkyl halides is 1. The van der Waals surface area contributed by atoms with Gasteiger partial charge in [-0.05, 0) is 73.7 Å². The molecule has 34 heavy (non-hydrogen) atoms. The van der Waals surface area contributed by atoms with Crippen molar-refractivity contribution in [2.24, 2.45) is 11.8 Å². The zero-order chi connectivity index (χ0) is 23.9. The predicted molar refractivity (Wildman–Crippen MR) is 128 cm³/mol. The van der Waals surface area contributed by atoms with E-state index in [0.717, 1.165) is 17.5 Å². The average Bonchev–Trinajstić information content (AvgIpc) is 2.87. The fourth-order valence-electron chi connectivity index (χ4n) is 4.59. The predicted octanol–water partition coefficient (Wildman–Crippen LogP) is 4.50. The number of benzene rings is 1. The van der Waals surface area contributed by atoms with Crippen molar-refractivity contribution in [2.45, 2.75) is 25.4 Å². The van der Waals surface area contributed by atoms with Crippen molar-refractivity contribution < 1.29 is 19.0 Å². The van der Waals surface area contributed by atoms with E-state index in [1.807, 2.05) is 18.2 Å². The molecule has 1 aromatic carbocycles. The molecule has 4 rings (SSSR count). The smallest absolute Gasteiger partial charge is 0.308 e. The summed E-state index contributed by atoms with van der Waals surface area (Å²) in [5.41, 5.74) is 2.12. The van der Waals surface area contributed by atoms with Crippen molar-refractivity contribution in [1.82, 2.24) is 14.9 Å². The number of piperidine rings is 1. The highest BCUT2D eigenvalue weighted by atomic mass is 19.1. The summed E-state index contributed by atoms with van der Waals surface area (Å²) in [7, 11) is 1.58. The summed E-state index contributed by atoms with van der Waals surface area (Å²) in [4.78, 5) is 22.4. The molecule has 1 aliphatic rings. The van der Waals surface area contributed by atoms with Crippen LogP contribution in [0.1, 0.15) is 36.6 Å². The third-order valence-corrected chi connectivity index (χ3v) is 6.46. The van der Waals surface area contributed by atoms with E-state index in [1.165, 1.54) is 0 Å². The minimum atomic E-state index is -1.20. The van der Waals surface area contributed by atoms with Crippen molar-refractivity contribution in [3.8, 4) is 17.6 Å². The molecule has 0 unspecified atom stereocenters. The molecular weight excluding hydrogens is 433 g/mol. The highest BCUT2D eigenvalue weighted by Crippen LogP contribution is 2.35. The highest BCUT2D eigenvalue weighted by Gasteiger charge is 2.34. The van der Waals surface area contributed by atoms with Gasteiger partial charge in [-0.2, -0.15) is 0 Å². The lowest BCUT2D eigenvalue weighted by atomic mass is 9.81. The third kappa shape index (κ3) is 5.70. The van der Waals surface area contributed by atoms with Crippen LogP contribution in [-0.4, -0.2) is 52.7 Å². The van der Waals surface area contributed by atoms with Crippen LogP contribution >= 0.6 is 0 Å². The number of methoxy groups -OCH3 is 1. The van der Waals surface area contributed by atoms with E-state index in [2.05, 4.69) is 26.7 Å². The fraction of sp³-hybridized carbons (Fsp3) is 0.370. The first kappa shape index (κ1) is 23.7. The number of aliphatic carboxylic acids is 1. The molecule has 0 amide bonds. The number of rotatable bonds is 7. The molecule has 0 aliphatic carbocycles. The number of hydrogen-bond donors (Lipinski definition) is 1. The number of nitrogens with zero attached hydrogens (tertiary/aromatic N) is 3. The molecule has 7 heteroatoms. The molecule has 3 aromatic rings. The summed E-state index contributed by atoms with van der Waals surface area (Å²) in [5, 5.41) is 10.6. The summed E-state index contributed by atoms with van der Waals surface area (Å²) >= 11 is 0. The van der Waals surface area contributed by atoms with Crippen LogP contribution in [-0.2, 0) is 4.79 Å². The van der Waals surface area contributed by atoms with E-state index in [-0.39, 0.29) is 12.3 Å². The van der Waals surface area contributed by atoms with Gasteiger partial charge in [-0.15, -0.1) is 0 Å². The summed E-state index contributed by atoms with van der Waals surface area (Å²) in [5.74, 6) is 5.40.